The summed E-state index contributed by atoms with van der Waals surface area (Å²) in [4.78, 5) is 20.6. The average molecular weight is 286 g/mol. The predicted octanol–water partition coefficient (Wildman–Crippen LogP) is 2.89. The summed E-state index contributed by atoms with van der Waals surface area (Å²) in [5, 5.41) is 0. The number of aryl methyl sites for hydroxylation is 1. The first kappa shape index (κ1) is 15.0. The molecule has 5 nitrogen and oxygen atoms in total. The highest BCUT2D eigenvalue weighted by atomic mass is 16.5. The van der Waals surface area contributed by atoms with Crippen molar-refractivity contribution in [2.24, 2.45) is 0 Å². The van der Waals surface area contributed by atoms with Crippen molar-refractivity contribution < 1.29 is 14.3 Å². The SMILES string of the molecule is CCOC(=O)c1cnc(-c2ccccc2OC)nc1CC. The van der Waals surface area contributed by atoms with E-state index < -0.39 is 0 Å². The van der Waals surface area contributed by atoms with Crippen LogP contribution < -0.4 is 4.74 Å². The summed E-state index contributed by atoms with van der Waals surface area (Å²) in [7, 11) is 1.60. The Hall–Kier alpha value is -2.43. The summed E-state index contributed by atoms with van der Waals surface area (Å²) in [5.41, 5.74) is 1.88. The van der Waals surface area contributed by atoms with Gasteiger partial charge in [0.05, 0.1) is 30.5 Å². The number of aromatic nitrogens is 2. The minimum absolute atomic E-state index is 0.330. The number of para-hydroxylation sites is 1. The maximum atomic E-state index is 11.9. The summed E-state index contributed by atoms with van der Waals surface area (Å²) >= 11 is 0. The lowest BCUT2D eigenvalue weighted by Crippen LogP contribution is -2.11. The second-order valence-electron chi connectivity index (χ2n) is 4.33. The summed E-state index contributed by atoms with van der Waals surface area (Å²) in [6.45, 7) is 4.04. The van der Waals surface area contributed by atoms with Gasteiger partial charge in [0.25, 0.3) is 0 Å². The highest BCUT2D eigenvalue weighted by Crippen LogP contribution is 2.27. The molecule has 0 saturated carbocycles. The zero-order chi connectivity index (χ0) is 15.2. The van der Waals surface area contributed by atoms with Crippen LogP contribution in [0.3, 0.4) is 0 Å². The molecule has 0 amide bonds. The second-order valence-corrected chi connectivity index (χ2v) is 4.33. The number of nitrogens with zero attached hydrogens (tertiary/aromatic N) is 2. The molecule has 0 atom stereocenters. The fourth-order valence-corrected chi connectivity index (χ4v) is 2.03. The van der Waals surface area contributed by atoms with Gasteiger partial charge in [0, 0.05) is 6.20 Å². The Balaban J connectivity index is 2.46. The summed E-state index contributed by atoms with van der Waals surface area (Å²) in [5.74, 6) is 0.849. The summed E-state index contributed by atoms with van der Waals surface area (Å²) < 4.78 is 10.3. The topological polar surface area (TPSA) is 61.3 Å². The van der Waals surface area contributed by atoms with Crippen LogP contribution in [-0.2, 0) is 11.2 Å². The van der Waals surface area contributed by atoms with Crippen LogP contribution in [0.15, 0.2) is 30.5 Å². The van der Waals surface area contributed by atoms with Gasteiger partial charge in [-0.15, -0.1) is 0 Å². The van der Waals surface area contributed by atoms with Crippen molar-refractivity contribution in [3.63, 3.8) is 0 Å². The Morgan fingerprint density at radius 2 is 2.00 bits per heavy atom. The van der Waals surface area contributed by atoms with Gasteiger partial charge >= 0.3 is 5.97 Å². The molecule has 110 valence electrons. The first-order chi connectivity index (χ1) is 10.2. The van der Waals surface area contributed by atoms with Crippen LogP contribution in [-0.4, -0.2) is 29.7 Å². The molecule has 5 heteroatoms. The standard InChI is InChI=1S/C16H18N2O3/c1-4-13-12(16(19)21-5-2)10-17-15(18-13)11-8-6-7-9-14(11)20-3/h6-10H,4-5H2,1-3H3. The number of ether oxygens (including phenoxy) is 2. The summed E-state index contributed by atoms with van der Waals surface area (Å²) in [6, 6.07) is 7.52. The molecule has 0 saturated heterocycles. The van der Waals surface area contributed by atoms with Crippen LogP contribution in [0.5, 0.6) is 5.75 Å². The van der Waals surface area contributed by atoms with Gasteiger partial charge in [-0.05, 0) is 25.5 Å². The van der Waals surface area contributed by atoms with Gasteiger partial charge in [-0.25, -0.2) is 14.8 Å². The molecule has 0 aliphatic carbocycles. The number of hydrogen-bond donors (Lipinski definition) is 0. The molecule has 1 aromatic heterocycles. The van der Waals surface area contributed by atoms with E-state index in [9.17, 15) is 4.79 Å². The van der Waals surface area contributed by atoms with Gasteiger partial charge < -0.3 is 9.47 Å². The average Bonchev–Trinajstić information content (AvgIpc) is 2.54. The van der Waals surface area contributed by atoms with Crippen molar-refractivity contribution in [1.29, 1.82) is 0 Å². The number of benzene rings is 1. The molecule has 0 aliphatic rings. The number of methoxy groups -OCH3 is 1. The van der Waals surface area contributed by atoms with Crippen molar-refractivity contribution in [3.8, 4) is 17.1 Å². The molecule has 2 rings (SSSR count). The van der Waals surface area contributed by atoms with Crippen LogP contribution >= 0.6 is 0 Å². The molecule has 0 spiro atoms. The van der Waals surface area contributed by atoms with E-state index >= 15 is 0 Å². The zero-order valence-electron chi connectivity index (χ0n) is 12.4. The Morgan fingerprint density at radius 1 is 1.24 bits per heavy atom. The monoisotopic (exact) mass is 286 g/mol. The number of carbonyl (C=O) groups excluding carboxylic acids is 1. The second kappa shape index (κ2) is 6.83. The zero-order valence-corrected chi connectivity index (χ0v) is 12.4. The van der Waals surface area contributed by atoms with Crippen LogP contribution in [0.4, 0.5) is 0 Å². The van der Waals surface area contributed by atoms with Crippen molar-refractivity contribution in [3.05, 3.63) is 41.7 Å². The summed E-state index contributed by atoms with van der Waals surface area (Å²) in [6.07, 6.45) is 2.14. The lowest BCUT2D eigenvalue weighted by molar-refractivity contribution is 0.0524. The molecule has 0 aliphatic heterocycles. The highest BCUT2D eigenvalue weighted by Gasteiger charge is 2.16. The van der Waals surface area contributed by atoms with E-state index in [4.69, 9.17) is 9.47 Å². The molecule has 0 unspecified atom stereocenters. The van der Waals surface area contributed by atoms with Gasteiger partial charge in [-0.2, -0.15) is 0 Å². The Labute approximate surface area is 124 Å². The van der Waals surface area contributed by atoms with E-state index in [1.54, 1.807) is 14.0 Å². The van der Waals surface area contributed by atoms with E-state index in [1.165, 1.54) is 6.20 Å². The van der Waals surface area contributed by atoms with Crippen molar-refractivity contribution in [1.82, 2.24) is 9.97 Å². The first-order valence-electron chi connectivity index (χ1n) is 6.87. The quantitative estimate of drug-likeness (QED) is 0.791. The lowest BCUT2D eigenvalue weighted by atomic mass is 10.1. The third-order valence-corrected chi connectivity index (χ3v) is 3.05. The molecule has 0 radical (unpaired) electrons. The van der Waals surface area contributed by atoms with Gasteiger partial charge in [0.2, 0.25) is 0 Å². The fraction of sp³-hybridized carbons (Fsp3) is 0.312. The molecule has 2 aromatic rings. The minimum atomic E-state index is -0.388. The third-order valence-electron chi connectivity index (χ3n) is 3.05. The minimum Gasteiger partial charge on any atom is -0.496 e. The Bertz CT molecular complexity index is 641. The van der Waals surface area contributed by atoms with E-state index in [0.29, 0.717) is 35.9 Å². The van der Waals surface area contributed by atoms with Gasteiger partial charge in [-0.3, -0.25) is 0 Å². The molecular weight excluding hydrogens is 268 g/mol. The normalized spacial score (nSPS) is 10.2. The first-order valence-corrected chi connectivity index (χ1v) is 6.87. The van der Waals surface area contributed by atoms with Crippen molar-refractivity contribution in [2.75, 3.05) is 13.7 Å². The van der Waals surface area contributed by atoms with Gasteiger partial charge in [0.15, 0.2) is 5.82 Å². The molecule has 0 N–H and O–H groups in total. The third kappa shape index (κ3) is 3.18. The molecule has 1 aromatic carbocycles. The number of hydrogen-bond acceptors (Lipinski definition) is 5. The van der Waals surface area contributed by atoms with Crippen LogP contribution in [0.25, 0.3) is 11.4 Å². The van der Waals surface area contributed by atoms with Crippen LogP contribution in [0.1, 0.15) is 29.9 Å². The van der Waals surface area contributed by atoms with E-state index in [-0.39, 0.29) is 5.97 Å². The van der Waals surface area contributed by atoms with E-state index in [0.717, 1.165) is 5.56 Å². The van der Waals surface area contributed by atoms with Crippen LogP contribution in [0, 0.1) is 0 Å². The Morgan fingerprint density at radius 3 is 2.67 bits per heavy atom. The molecule has 0 bridgehead atoms. The fourth-order valence-electron chi connectivity index (χ4n) is 2.03. The van der Waals surface area contributed by atoms with Crippen molar-refractivity contribution >= 4 is 5.97 Å². The molecule has 21 heavy (non-hydrogen) atoms. The highest BCUT2D eigenvalue weighted by molar-refractivity contribution is 5.90. The van der Waals surface area contributed by atoms with E-state index in [2.05, 4.69) is 9.97 Å². The van der Waals surface area contributed by atoms with Gasteiger partial charge in [0.1, 0.15) is 5.75 Å². The van der Waals surface area contributed by atoms with Gasteiger partial charge in [-0.1, -0.05) is 19.1 Å². The number of esters is 1. The molecular formula is C16H18N2O3. The maximum absolute atomic E-state index is 11.9. The Kier molecular flexibility index (Phi) is 4.87. The van der Waals surface area contributed by atoms with Crippen molar-refractivity contribution in [2.45, 2.75) is 20.3 Å². The number of rotatable bonds is 5. The molecule has 1 heterocycles. The largest absolute Gasteiger partial charge is 0.496 e. The molecule has 0 fully saturated rings. The predicted molar refractivity (Wildman–Crippen MR) is 79.4 cm³/mol. The maximum Gasteiger partial charge on any atom is 0.341 e. The lowest BCUT2D eigenvalue weighted by Gasteiger charge is -2.10. The smallest absolute Gasteiger partial charge is 0.341 e. The van der Waals surface area contributed by atoms with E-state index in [1.807, 2.05) is 31.2 Å². The number of carbonyl (C=O) groups is 1. The van der Waals surface area contributed by atoms with Crippen LogP contribution in [0.2, 0.25) is 0 Å².